The number of nitrogens with zero attached hydrogens (tertiary/aromatic N) is 1. The van der Waals surface area contributed by atoms with E-state index in [1.165, 1.54) is 24.1 Å². The van der Waals surface area contributed by atoms with E-state index in [0.29, 0.717) is 5.56 Å². The Morgan fingerprint density at radius 3 is 2.61 bits per heavy atom. The number of carbonyl (C=O) groups excluding carboxylic acids is 1. The molecule has 0 unspecified atom stereocenters. The second kappa shape index (κ2) is 6.39. The minimum Gasteiger partial charge on any atom is -0.465 e. The summed E-state index contributed by atoms with van der Waals surface area (Å²) in [4.78, 5) is 12.5. The van der Waals surface area contributed by atoms with E-state index in [1.54, 1.807) is 0 Å². The number of alkyl halides is 2. The maximum Gasteiger partial charge on any atom is 0.340 e. The summed E-state index contributed by atoms with van der Waals surface area (Å²) in [5.74, 6) is -1.48. The molecular formula is C12H14F3NO2. The van der Waals surface area contributed by atoms with E-state index in [0.717, 1.165) is 13.2 Å². The zero-order chi connectivity index (χ0) is 13.7. The normalized spacial score (nSPS) is 11.1. The SMILES string of the molecule is COC(=O)c1ccc(CN(C)CC(F)F)cc1F. The van der Waals surface area contributed by atoms with Crippen LogP contribution < -0.4 is 0 Å². The lowest BCUT2D eigenvalue weighted by molar-refractivity contribution is 0.0595. The Morgan fingerprint density at radius 1 is 1.44 bits per heavy atom. The fourth-order valence-electron chi connectivity index (χ4n) is 1.54. The molecule has 0 aliphatic carbocycles. The van der Waals surface area contributed by atoms with Gasteiger partial charge in [0, 0.05) is 6.54 Å². The fourth-order valence-corrected chi connectivity index (χ4v) is 1.54. The van der Waals surface area contributed by atoms with Gasteiger partial charge in [-0.05, 0) is 24.7 Å². The van der Waals surface area contributed by atoms with Gasteiger partial charge in [-0.2, -0.15) is 0 Å². The predicted octanol–water partition coefficient (Wildman–Crippen LogP) is 2.31. The number of benzene rings is 1. The van der Waals surface area contributed by atoms with Crippen LogP contribution in [0.1, 0.15) is 15.9 Å². The van der Waals surface area contributed by atoms with Gasteiger partial charge < -0.3 is 4.74 Å². The van der Waals surface area contributed by atoms with Gasteiger partial charge in [0.2, 0.25) is 0 Å². The van der Waals surface area contributed by atoms with Crippen molar-refractivity contribution in [2.24, 2.45) is 0 Å². The minimum atomic E-state index is -2.44. The third-order valence-corrected chi connectivity index (χ3v) is 2.34. The highest BCUT2D eigenvalue weighted by molar-refractivity contribution is 5.89. The Labute approximate surface area is 103 Å². The van der Waals surface area contributed by atoms with Gasteiger partial charge in [-0.3, -0.25) is 4.90 Å². The minimum absolute atomic E-state index is 0.169. The summed E-state index contributed by atoms with van der Waals surface area (Å²) in [6, 6.07) is 3.94. The lowest BCUT2D eigenvalue weighted by atomic mass is 10.1. The molecule has 0 bridgehead atoms. The van der Waals surface area contributed by atoms with Crippen LogP contribution in [0.4, 0.5) is 13.2 Å². The molecule has 0 N–H and O–H groups in total. The van der Waals surface area contributed by atoms with Crippen molar-refractivity contribution in [3.8, 4) is 0 Å². The van der Waals surface area contributed by atoms with Crippen LogP contribution in [-0.2, 0) is 11.3 Å². The lowest BCUT2D eigenvalue weighted by Gasteiger charge is -2.16. The van der Waals surface area contributed by atoms with Crippen LogP contribution in [0.3, 0.4) is 0 Å². The summed E-state index contributed by atoms with van der Waals surface area (Å²) < 4.78 is 42.1. The highest BCUT2D eigenvalue weighted by Crippen LogP contribution is 2.13. The molecule has 0 aliphatic heterocycles. The van der Waals surface area contributed by atoms with Crippen LogP contribution in [0.15, 0.2) is 18.2 Å². The zero-order valence-electron chi connectivity index (χ0n) is 10.1. The Kier molecular flexibility index (Phi) is 5.15. The van der Waals surface area contributed by atoms with Gasteiger partial charge in [-0.15, -0.1) is 0 Å². The van der Waals surface area contributed by atoms with E-state index in [-0.39, 0.29) is 18.7 Å². The second-order valence-electron chi connectivity index (χ2n) is 3.89. The van der Waals surface area contributed by atoms with E-state index >= 15 is 0 Å². The van der Waals surface area contributed by atoms with Crippen LogP contribution in [0.2, 0.25) is 0 Å². The first-order chi connectivity index (χ1) is 8.43. The predicted molar refractivity (Wildman–Crippen MR) is 60.1 cm³/mol. The van der Waals surface area contributed by atoms with Crippen molar-refractivity contribution in [3.05, 3.63) is 35.1 Å². The molecular weight excluding hydrogens is 247 g/mol. The molecule has 0 aliphatic rings. The smallest absolute Gasteiger partial charge is 0.340 e. The Morgan fingerprint density at radius 2 is 2.11 bits per heavy atom. The van der Waals surface area contributed by atoms with Gasteiger partial charge in [0.15, 0.2) is 0 Å². The van der Waals surface area contributed by atoms with Crippen molar-refractivity contribution in [2.75, 3.05) is 20.7 Å². The third-order valence-electron chi connectivity index (χ3n) is 2.34. The average Bonchev–Trinajstić information content (AvgIpc) is 2.27. The summed E-state index contributed by atoms with van der Waals surface area (Å²) in [5.41, 5.74) is 0.348. The average molecular weight is 261 g/mol. The summed E-state index contributed by atoms with van der Waals surface area (Å²) in [6.07, 6.45) is -2.44. The van der Waals surface area contributed by atoms with Gasteiger partial charge in [0.05, 0.1) is 19.2 Å². The number of hydrogen-bond donors (Lipinski definition) is 0. The maximum atomic E-state index is 13.5. The molecule has 0 amide bonds. The molecule has 1 aromatic rings. The summed E-state index contributed by atoms with van der Waals surface area (Å²) in [6.45, 7) is -0.205. The van der Waals surface area contributed by atoms with Gasteiger partial charge in [0.25, 0.3) is 6.43 Å². The molecule has 1 rings (SSSR count). The molecule has 18 heavy (non-hydrogen) atoms. The number of carbonyl (C=O) groups is 1. The lowest BCUT2D eigenvalue weighted by Crippen LogP contribution is -2.24. The molecule has 1 aromatic carbocycles. The van der Waals surface area contributed by atoms with Gasteiger partial charge in [-0.25, -0.2) is 18.0 Å². The quantitative estimate of drug-likeness (QED) is 0.762. The van der Waals surface area contributed by atoms with E-state index in [9.17, 15) is 18.0 Å². The van der Waals surface area contributed by atoms with Crippen molar-refractivity contribution in [1.29, 1.82) is 0 Å². The highest BCUT2D eigenvalue weighted by Gasteiger charge is 2.13. The molecule has 0 spiro atoms. The Balaban J connectivity index is 2.75. The van der Waals surface area contributed by atoms with E-state index in [2.05, 4.69) is 4.74 Å². The number of methoxy groups -OCH3 is 1. The highest BCUT2D eigenvalue weighted by atomic mass is 19.3. The molecule has 0 radical (unpaired) electrons. The van der Waals surface area contributed by atoms with Crippen LogP contribution >= 0.6 is 0 Å². The molecule has 6 heteroatoms. The molecule has 0 heterocycles. The standard InChI is InChI=1S/C12H14F3NO2/c1-16(7-11(14)15)6-8-3-4-9(10(13)5-8)12(17)18-2/h3-5,11H,6-7H2,1-2H3. The van der Waals surface area contributed by atoms with Crippen molar-refractivity contribution in [3.63, 3.8) is 0 Å². The molecule has 0 aromatic heterocycles. The number of ether oxygens (including phenoxy) is 1. The zero-order valence-corrected chi connectivity index (χ0v) is 10.1. The maximum absolute atomic E-state index is 13.5. The Hall–Kier alpha value is -1.56. The number of esters is 1. The van der Waals surface area contributed by atoms with Crippen molar-refractivity contribution < 1.29 is 22.7 Å². The Bertz CT molecular complexity index is 424. The van der Waals surface area contributed by atoms with E-state index in [4.69, 9.17) is 0 Å². The topological polar surface area (TPSA) is 29.5 Å². The van der Waals surface area contributed by atoms with Crippen molar-refractivity contribution in [2.45, 2.75) is 13.0 Å². The van der Waals surface area contributed by atoms with E-state index < -0.39 is 18.2 Å². The summed E-state index contributed by atoms with van der Waals surface area (Å²) in [5, 5.41) is 0. The number of hydrogen-bond acceptors (Lipinski definition) is 3. The molecule has 100 valence electrons. The second-order valence-corrected chi connectivity index (χ2v) is 3.89. The van der Waals surface area contributed by atoms with Crippen LogP contribution in [-0.4, -0.2) is 38.0 Å². The van der Waals surface area contributed by atoms with Crippen LogP contribution in [0.25, 0.3) is 0 Å². The van der Waals surface area contributed by atoms with Gasteiger partial charge >= 0.3 is 5.97 Å². The van der Waals surface area contributed by atoms with Crippen molar-refractivity contribution in [1.82, 2.24) is 4.90 Å². The first kappa shape index (κ1) is 14.5. The molecule has 0 atom stereocenters. The molecule has 0 fully saturated rings. The monoisotopic (exact) mass is 261 g/mol. The molecule has 0 saturated carbocycles. The number of halogens is 3. The van der Waals surface area contributed by atoms with Crippen molar-refractivity contribution >= 4 is 5.97 Å². The van der Waals surface area contributed by atoms with Crippen LogP contribution in [0.5, 0.6) is 0 Å². The number of rotatable bonds is 5. The summed E-state index contributed by atoms with van der Waals surface area (Å²) >= 11 is 0. The third kappa shape index (κ3) is 4.03. The van der Waals surface area contributed by atoms with E-state index in [1.807, 2.05) is 0 Å². The fraction of sp³-hybridized carbons (Fsp3) is 0.417. The molecule has 3 nitrogen and oxygen atoms in total. The largest absolute Gasteiger partial charge is 0.465 e. The van der Waals surface area contributed by atoms with Crippen LogP contribution in [0, 0.1) is 5.82 Å². The van der Waals surface area contributed by atoms with Gasteiger partial charge in [0.1, 0.15) is 5.82 Å². The summed E-state index contributed by atoms with van der Waals surface area (Å²) in [7, 11) is 2.67. The first-order valence-electron chi connectivity index (χ1n) is 5.27. The molecule has 0 saturated heterocycles. The van der Waals surface area contributed by atoms with Gasteiger partial charge in [-0.1, -0.05) is 6.07 Å². The first-order valence-corrected chi connectivity index (χ1v) is 5.27.